The van der Waals surface area contributed by atoms with Crippen molar-refractivity contribution in [2.75, 3.05) is 0 Å². The van der Waals surface area contributed by atoms with Crippen molar-refractivity contribution < 1.29 is 3.08 Å². The Hall–Kier alpha value is 0.599. The van der Waals surface area contributed by atoms with Crippen LogP contribution in [0.4, 0.5) is 0 Å². The molecular weight excluding hydrogens is 255 g/mol. The summed E-state index contributed by atoms with van der Waals surface area (Å²) in [7, 11) is 0. The van der Waals surface area contributed by atoms with Gasteiger partial charge in [-0.15, -0.1) is 0 Å². The predicted octanol–water partition coefficient (Wildman–Crippen LogP) is 3.54. The van der Waals surface area contributed by atoms with Crippen molar-refractivity contribution in [3.05, 3.63) is 0 Å². The van der Waals surface area contributed by atoms with Crippen LogP contribution in [0.1, 0.15) is 51.9 Å². The van der Waals surface area contributed by atoms with Crippen molar-refractivity contribution in [1.82, 2.24) is 0 Å². The molecule has 0 atom stereocenters. The maximum absolute atomic E-state index is 11.8. The molecule has 1 fully saturated rings. The molecule has 1 saturated carbocycles. The molecule has 1 aliphatic rings. The van der Waals surface area contributed by atoms with Crippen LogP contribution in [0.3, 0.4) is 0 Å². The van der Waals surface area contributed by atoms with Crippen LogP contribution in [-0.4, -0.2) is 19.7 Å². The Morgan fingerprint density at radius 3 is 2.50 bits per heavy atom. The minimum absolute atomic E-state index is 0.715. The summed E-state index contributed by atoms with van der Waals surface area (Å²) < 4.78 is 13.7. The van der Waals surface area contributed by atoms with Gasteiger partial charge in [-0.05, 0) is 0 Å². The average Bonchev–Trinajstić information content (AvgIpc) is 2.15. The molecule has 0 aromatic heterocycles. The van der Waals surface area contributed by atoms with E-state index in [2.05, 4.69) is 6.92 Å². The minimum atomic E-state index is -2.09. The molecule has 1 aliphatic carbocycles. The van der Waals surface area contributed by atoms with Gasteiger partial charge in [0, 0.05) is 0 Å². The Labute approximate surface area is 83.0 Å². The fourth-order valence-electron chi connectivity index (χ4n) is 1.98. The SMILES string of the molecule is CCC[CH2][Sn](=[O])[CH]1CCCCC1. The van der Waals surface area contributed by atoms with Gasteiger partial charge < -0.3 is 0 Å². The molecule has 0 aromatic rings. The number of hydrogen-bond donors (Lipinski definition) is 0. The van der Waals surface area contributed by atoms with E-state index in [1.807, 2.05) is 0 Å². The van der Waals surface area contributed by atoms with E-state index in [-0.39, 0.29) is 0 Å². The van der Waals surface area contributed by atoms with Crippen molar-refractivity contribution in [2.24, 2.45) is 0 Å². The monoisotopic (exact) mass is 276 g/mol. The third-order valence-corrected chi connectivity index (χ3v) is 9.50. The standard InChI is InChI=1S/C6H11.C4H9.O.Sn/c1-2-4-6-5-3-1;1-3-4-2;;/h1H,2-6H2;1,3-4H2,2H3;;. The molecule has 0 amide bonds. The summed E-state index contributed by atoms with van der Waals surface area (Å²) in [6.07, 6.45) is 9.12. The van der Waals surface area contributed by atoms with Crippen molar-refractivity contribution in [3.63, 3.8) is 0 Å². The summed E-state index contributed by atoms with van der Waals surface area (Å²) in [5, 5.41) is 0. The molecule has 1 rings (SSSR count). The van der Waals surface area contributed by atoms with Crippen molar-refractivity contribution in [3.8, 4) is 0 Å². The fourth-order valence-corrected chi connectivity index (χ4v) is 8.15. The van der Waals surface area contributed by atoms with E-state index in [0.29, 0.717) is 3.93 Å². The van der Waals surface area contributed by atoms with Crippen molar-refractivity contribution in [1.29, 1.82) is 0 Å². The first kappa shape index (κ1) is 10.7. The van der Waals surface area contributed by atoms with Gasteiger partial charge in [0.2, 0.25) is 0 Å². The van der Waals surface area contributed by atoms with Crippen LogP contribution in [0.5, 0.6) is 0 Å². The molecular formula is C10H20OSn. The third-order valence-electron chi connectivity index (χ3n) is 2.84. The second-order valence-corrected chi connectivity index (χ2v) is 10.3. The summed E-state index contributed by atoms with van der Waals surface area (Å²) >= 11 is -2.09. The van der Waals surface area contributed by atoms with Gasteiger partial charge in [0.05, 0.1) is 0 Å². The summed E-state index contributed by atoms with van der Waals surface area (Å²) in [6.45, 7) is 2.19. The van der Waals surface area contributed by atoms with Crippen LogP contribution in [-0.2, 0) is 3.08 Å². The van der Waals surface area contributed by atoms with Crippen LogP contribution in [0.25, 0.3) is 0 Å². The Morgan fingerprint density at radius 2 is 1.92 bits per heavy atom. The normalized spacial score (nSPS) is 19.4. The summed E-state index contributed by atoms with van der Waals surface area (Å²) in [5.41, 5.74) is 0. The predicted molar refractivity (Wildman–Crippen MR) is 53.0 cm³/mol. The first-order chi connectivity index (χ1) is 5.84. The summed E-state index contributed by atoms with van der Waals surface area (Å²) in [4.78, 5) is 0. The molecule has 0 saturated heterocycles. The third kappa shape index (κ3) is 3.54. The van der Waals surface area contributed by atoms with Crippen LogP contribution in [0.15, 0.2) is 0 Å². The number of unbranched alkanes of at least 4 members (excludes halogenated alkanes) is 1. The first-order valence-corrected chi connectivity index (χ1v) is 10.2. The quantitative estimate of drug-likeness (QED) is 0.717. The van der Waals surface area contributed by atoms with Crippen molar-refractivity contribution >= 4 is 19.7 Å². The Kier molecular flexibility index (Phi) is 5.44. The molecule has 0 radical (unpaired) electrons. The second-order valence-electron chi connectivity index (χ2n) is 3.90. The number of hydrogen-bond acceptors (Lipinski definition) is 1. The van der Waals surface area contributed by atoms with Crippen LogP contribution in [0.2, 0.25) is 8.37 Å². The van der Waals surface area contributed by atoms with E-state index in [0.717, 1.165) is 4.44 Å². The van der Waals surface area contributed by atoms with E-state index < -0.39 is 19.7 Å². The molecule has 0 bridgehead atoms. The maximum atomic E-state index is 11.8. The molecule has 0 N–H and O–H groups in total. The van der Waals surface area contributed by atoms with Crippen molar-refractivity contribution in [2.45, 2.75) is 60.2 Å². The Bertz CT molecular complexity index is 139. The average molecular weight is 275 g/mol. The van der Waals surface area contributed by atoms with Gasteiger partial charge in [-0.3, -0.25) is 0 Å². The zero-order valence-electron chi connectivity index (χ0n) is 8.14. The summed E-state index contributed by atoms with van der Waals surface area (Å²) in [5.74, 6) is 0. The Morgan fingerprint density at radius 1 is 1.25 bits per heavy atom. The molecule has 0 heterocycles. The van der Waals surface area contributed by atoms with Gasteiger partial charge in [0.1, 0.15) is 0 Å². The van der Waals surface area contributed by atoms with E-state index in [1.54, 1.807) is 0 Å². The van der Waals surface area contributed by atoms with Crippen LogP contribution in [0, 0.1) is 0 Å². The zero-order chi connectivity index (χ0) is 8.81. The van der Waals surface area contributed by atoms with Gasteiger partial charge in [-0.25, -0.2) is 0 Å². The molecule has 0 unspecified atom stereocenters. The molecule has 70 valence electrons. The number of rotatable bonds is 4. The molecule has 0 aromatic carbocycles. The van der Waals surface area contributed by atoms with Gasteiger partial charge in [0.25, 0.3) is 0 Å². The zero-order valence-corrected chi connectivity index (χ0v) is 11.0. The Balaban J connectivity index is 2.20. The van der Waals surface area contributed by atoms with E-state index in [1.165, 1.54) is 44.9 Å². The topological polar surface area (TPSA) is 17.1 Å². The molecule has 2 heteroatoms. The fraction of sp³-hybridized carbons (Fsp3) is 1.00. The molecule has 1 nitrogen and oxygen atoms in total. The van der Waals surface area contributed by atoms with Gasteiger partial charge in [-0.1, -0.05) is 0 Å². The van der Waals surface area contributed by atoms with E-state index in [4.69, 9.17) is 0 Å². The van der Waals surface area contributed by atoms with Gasteiger partial charge >= 0.3 is 83.1 Å². The van der Waals surface area contributed by atoms with Crippen LogP contribution < -0.4 is 0 Å². The van der Waals surface area contributed by atoms with Gasteiger partial charge in [0.15, 0.2) is 0 Å². The van der Waals surface area contributed by atoms with E-state index in [9.17, 15) is 3.08 Å². The van der Waals surface area contributed by atoms with E-state index >= 15 is 0 Å². The molecule has 0 aliphatic heterocycles. The molecule has 0 spiro atoms. The molecule has 12 heavy (non-hydrogen) atoms. The summed E-state index contributed by atoms with van der Waals surface area (Å²) in [6, 6.07) is 0. The van der Waals surface area contributed by atoms with Gasteiger partial charge in [-0.2, -0.15) is 0 Å². The first-order valence-electron chi connectivity index (χ1n) is 5.37. The second kappa shape index (κ2) is 6.11. The van der Waals surface area contributed by atoms with Crippen LogP contribution >= 0.6 is 0 Å².